The lowest BCUT2D eigenvalue weighted by Gasteiger charge is -2.47. The Morgan fingerprint density at radius 1 is 0.966 bits per heavy atom. The van der Waals surface area contributed by atoms with Crippen LogP contribution in [0.3, 0.4) is 0 Å². The van der Waals surface area contributed by atoms with Crippen LogP contribution >= 0.6 is 0 Å². The molecule has 2 nitrogen and oxygen atoms in total. The third-order valence-electron chi connectivity index (χ3n) is 6.00. The van der Waals surface area contributed by atoms with Crippen LogP contribution in [0.1, 0.15) is 30.4 Å². The first-order valence-corrected chi connectivity index (χ1v) is 14.0. The van der Waals surface area contributed by atoms with Gasteiger partial charge in [0.05, 0.1) is 6.10 Å². The molecule has 154 valence electrons. The Bertz CT molecular complexity index is 887. The van der Waals surface area contributed by atoms with E-state index in [4.69, 9.17) is 9.78 Å². The molecule has 5 heteroatoms. The van der Waals surface area contributed by atoms with Gasteiger partial charge < -0.3 is 0 Å². The summed E-state index contributed by atoms with van der Waals surface area (Å²) in [4.78, 5) is 12.1. The number of rotatable bonds is 4. The van der Waals surface area contributed by atoms with E-state index in [0.29, 0.717) is 0 Å². The minimum atomic E-state index is -1.32. The van der Waals surface area contributed by atoms with Crippen molar-refractivity contribution >= 4 is 13.6 Å². The molecule has 0 unspecified atom stereocenters. The molecule has 1 aliphatic heterocycles. The van der Waals surface area contributed by atoms with Crippen LogP contribution in [0.15, 0.2) is 54.6 Å². The molecule has 1 heterocycles. The monoisotopic (exact) mass is 414 g/mol. The Kier molecular flexibility index (Phi) is 5.49. The number of fused-ring (bicyclic) bond motifs is 1. The maximum Gasteiger partial charge on any atom is 0.135 e. The predicted octanol–water partition coefficient (Wildman–Crippen LogP) is 6.71. The highest BCUT2D eigenvalue weighted by Crippen LogP contribution is 2.51. The van der Waals surface area contributed by atoms with Crippen molar-refractivity contribution in [1.82, 2.24) is 0 Å². The van der Waals surface area contributed by atoms with E-state index in [0.717, 1.165) is 36.4 Å². The molecule has 0 spiro atoms. The normalized spacial score (nSPS) is 27.3. The van der Waals surface area contributed by atoms with Gasteiger partial charge in [-0.05, 0) is 66.3 Å². The van der Waals surface area contributed by atoms with E-state index < -0.39 is 13.7 Å². The molecule has 0 radical (unpaired) electrons. The van der Waals surface area contributed by atoms with E-state index in [-0.39, 0.29) is 23.7 Å². The van der Waals surface area contributed by atoms with Crippen LogP contribution in [0, 0.1) is 17.6 Å². The molecule has 4 rings (SSSR count). The van der Waals surface area contributed by atoms with Crippen molar-refractivity contribution in [1.29, 1.82) is 0 Å². The number of benzene rings is 2. The van der Waals surface area contributed by atoms with Crippen LogP contribution < -0.4 is 0 Å². The first-order valence-electron chi connectivity index (χ1n) is 10.3. The Morgan fingerprint density at radius 2 is 1.59 bits per heavy atom. The van der Waals surface area contributed by atoms with Crippen molar-refractivity contribution in [3.63, 3.8) is 0 Å². The molecule has 2 aliphatic rings. The maximum absolute atomic E-state index is 13.5. The Labute approximate surface area is 172 Å². The summed E-state index contributed by atoms with van der Waals surface area (Å²) in [6.07, 6.45) is 4.74. The summed E-state index contributed by atoms with van der Waals surface area (Å²) in [6.45, 7) is 7.00. The molecule has 1 aliphatic carbocycles. The van der Waals surface area contributed by atoms with Crippen molar-refractivity contribution in [2.45, 2.75) is 56.7 Å². The molecule has 29 heavy (non-hydrogen) atoms. The van der Waals surface area contributed by atoms with Gasteiger partial charge in [0, 0.05) is 14.0 Å². The summed E-state index contributed by atoms with van der Waals surface area (Å²) in [5, 5.41) is 0. The number of allylic oxidation sites excluding steroid dienone is 1. The SMILES string of the molecule is C[Si](C)(C)C[C@@H]1C[C@@H]2C=C(c3ccc(F)cc3)CC[C@]2(c2ccc(F)cc2)OO1. The van der Waals surface area contributed by atoms with Gasteiger partial charge in [0.1, 0.15) is 17.2 Å². The summed E-state index contributed by atoms with van der Waals surface area (Å²) in [7, 11) is -1.32. The van der Waals surface area contributed by atoms with Crippen molar-refractivity contribution in [2.75, 3.05) is 0 Å². The average Bonchev–Trinajstić information content (AvgIpc) is 2.67. The fourth-order valence-corrected chi connectivity index (χ4v) is 6.25. The molecule has 2 aromatic carbocycles. The fraction of sp³-hybridized carbons (Fsp3) is 0.417. The zero-order valence-corrected chi connectivity index (χ0v) is 18.3. The summed E-state index contributed by atoms with van der Waals surface area (Å²) in [5.74, 6) is -0.360. The van der Waals surface area contributed by atoms with Crippen LogP contribution in [-0.2, 0) is 15.4 Å². The molecule has 1 saturated heterocycles. The quantitative estimate of drug-likeness (QED) is 0.409. The maximum atomic E-state index is 13.5. The number of hydrogen-bond donors (Lipinski definition) is 0. The van der Waals surface area contributed by atoms with Gasteiger partial charge in [0.25, 0.3) is 0 Å². The van der Waals surface area contributed by atoms with Crippen molar-refractivity contribution in [3.05, 3.63) is 77.4 Å². The van der Waals surface area contributed by atoms with Gasteiger partial charge >= 0.3 is 0 Å². The van der Waals surface area contributed by atoms with E-state index in [9.17, 15) is 8.78 Å². The molecule has 0 saturated carbocycles. The molecule has 0 N–H and O–H groups in total. The smallest absolute Gasteiger partial charge is 0.135 e. The first-order chi connectivity index (χ1) is 13.7. The van der Waals surface area contributed by atoms with Crippen molar-refractivity contribution in [3.8, 4) is 0 Å². The highest BCUT2D eigenvalue weighted by molar-refractivity contribution is 6.76. The summed E-state index contributed by atoms with van der Waals surface area (Å²) < 4.78 is 26.9. The molecule has 3 atom stereocenters. The molecular formula is C24H28F2O2Si. The summed E-state index contributed by atoms with van der Waals surface area (Å²) >= 11 is 0. The zero-order valence-electron chi connectivity index (χ0n) is 17.3. The standard InChI is InChI=1S/C24H28F2O2Si/c1-29(2,3)16-23-15-20-14-18(17-4-8-21(25)9-5-17)12-13-24(20,28-27-23)19-6-10-22(26)11-7-19/h4-11,14,20,23H,12-13,15-16H2,1-3H3/t20-,23-,24+/m0/s1. The van der Waals surface area contributed by atoms with Crippen molar-refractivity contribution < 1.29 is 18.6 Å². The fourth-order valence-electron chi connectivity index (χ4n) is 4.65. The minimum Gasteiger partial charge on any atom is -0.233 e. The van der Waals surface area contributed by atoms with Crippen LogP contribution in [-0.4, -0.2) is 14.2 Å². The second-order valence-electron chi connectivity index (χ2n) is 9.50. The average molecular weight is 415 g/mol. The molecule has 2 aromatic rings. The van der Waals surface area contributed by atoms with Gasteiger partial charge in [-0.1, -0.05) is 50.0 Å². The predicted molar refractivity (Wildman–Crippen MR) is 114 cm³/mol. The third kappa shape index (κ3) is 4.37. The molecule has 0 amide bonds. The molecule has 1 fully saturated rings. The Balaban J connectivity index is 1.69. The van der Waals surface area contributed by atoms with Gasteiger partial charge in [-0.15, -0.1) is 0 Å². The van der Waals surface area contributed by atoms with Crippen LogP contribution in [0.4, 0.5) is 8.78 Å². The Hall–Kier alpha value is -1.82. The Morgan fingerprint density at radius 3 is 2.21 bits per heavy atom. The minimum absolute atomic E-state index is 0.0593. The van der Waals surface area contributed by atoms with E-state index >= 15 is 0 Å². The van der Waals surface area contributed by atoms with E-state index in [1.54, 1.807) is 12.1 Å². The van der Waals surface area contributed by atoms with Gasteiger partial charge in [0.2, 0.25) is 0 Å². The summed E-state index contributed by atoms with van der Waals surface area (Å²) in [6, 6.07) is 14.3. The number of halogens is 2. The van der Waals surface area contributed by atoms with Crippen molar-refractivity contribution in [2.24, 2.45) is 5.92 Å². The second-order valence-corrected chi connectivity index (χ2v) is 15.0. The molecule has 0 aromatic heterocycles. The van der Waals surface area contributed by atoms with Crippen LogP contribution in [0.25, 0.3) is 5.57 Å². The lowest BCUT2D eigenvalue weighted by Crippen LogP contribution is -2.47. The van der Waals surface area contributed by atoms with Gasteiger partial charge in [-0.25, -0.2) is 18.6 Å². The van der Waals surface area contributed by atoms with E-state index in [2.05, 4.69) is 25.7 Å². The molecular weight excluding hydrogens is 386 g/mol. The lowest BCUT2D eigenvalue weighted by atomic mass is 9.69. The largest absolute Gasteiger partial charge is 0.233 e. The van der Waals surface area contributed by atoms with Gasteiger partial charge in [-0.2, -0.15) is 0 Å². The summed E-state index contributed by atoms with van der Waals surface area (Å²) in [5.41, 5.74) is 2.61. The van der Waals surface area contributed by atoms with Gasteiger partial charge in [0.15, 0.2) is 0 Å². The third-order valence-corrected chi connectivity index (χ3v) is 7.68. The van der Waals surface area contributed by atoms with Crippen LogP contribution in [0.2, 0.25) is 25.7 Å². The highest BCUT2D eigenvalue weighted by atomic mass is 28.3. The van der Waals surface area contributed by atoms with E-state index in [1.165, 1.54) is 29.8 Å². The number of hydrogen-bond acceptors (Lipinski definition) is 2. The highest BCUT2D eigenvalue weighted by Gasteiger charge is 2.49. The zero-order chi connectivity index (χ0) is 20.6. The molecule has 0 bridgehead atoms. The lowest BCUT2D eigenvalue weighted by molar-refractivity contribution is -0.424. The second kappa shape index (κ2) is 7.78. The first kappa shape index (κ1) is 20.4. The van der Waals surface area contributed by atoms with Crippen LogP contribution in [0.5, 0.6) is 0 Å². The topological polar surface area (TPSA) is 18.5 Å². The van der Waals surface area contributed by atoms with E-state index in [1.807, 2.05) is 12.1 Å². The van der Waals surface area contributed by atoms with Gasteiger partial charge in [-0.3, -0.25) is 0 Å².